The Bertz CT molecular complexity index is 624. The van der Waals surface area contributed by atoms with Gasteiger partial charge in [-0.25, -0.2) is 4.99 Å². The van der Waals surface area contributed by atoms with Crippen LogP contribution in [0.15, 0.2) is 23.2 Å². The number of hydrogen-bond donors (Lipinski definition) is 1. The van der Waals surface area contributed by atoms with Gasteiger partial charge in [0.1, 0.15) is 6.54 Å². The number of benzene rings is 1. The van der Waals surface area contributed by atoms with Crippen LogP contribution in [0.25, 0.3) is 0 Å². The van der Waals surface area contributed by atoms with Gasteiger partial charge in [-0.3, -0.25) is 4.79 Å². The van der Waals surface area contributed by atoms with Crippen molar-refractivity contribution < 1.29 is 4.79 Å². The summed E-state index contributed by atoms with van der Waals surface area (Å²) in [7, 11) is 3.52. The molecule has 0 bridgehead atoms. The average molecular weight is 473 g/mol. The third kappa shape index (κ3) is 6.03. The van der Waals surface area contributed by atoms with Crippen molar-refractivity contribution in [2.24, 2.45) is 4.99 Å². The maximum Gasteiger partial charge on any atom is 0.243 e. The summed E-state index contributed by atoms with van der Waals surface area (Å²) in [4.78, 5) is 22.6. The van der Waals surface area contributed by atoms with E-state index in [1.807, 2.05) is 0 Å². The maximum absolute atomic E-state index is 11.8. The minimum atomic E-state index is 0. The van der Waals surface area contributed by atoms with Crippen LogP contribution >= 0.6 is 24.0 Å². The standard InChI is InChI=1S/C19H31N5O.HI/c1-6-20-19(21-14-18(25)22(4)5)24-11-9-23(10-12-24)17-13-15(2)7-8-16(17)3;/h7-8,13H,6,9-12,14H2,1-5H3,(H,20,21);1H. The number of hydrogen-bond acceptors (Lipinski definition) is 3. The number of aliphatic imine (C=N–C) groups is 1. The van der Waals surface area contributed by atoms with Crippen LogP contribution in [0.2, 0.25) is 0 Å². The average Bonchev–Trinajstić information content (AvgIpc) is 2.60. The molecule has 1 amide bonds. The minimum Gasteiger partial charge on any atom is -0.368 e. The molecule has 6 nitrogen and oxygen atoms in total. The van der Waals surface area contributed by atoms with Crippen molar-refractivity contribution in [3.05, 3.63) is 29.3 Å². The van der Waals surface area contributed by atoms with Gasteiger partial charge in [0.25, 0.3) is 0 Å². The number of anilines is 1. The number of amides is 1. The second kappa shape index (κ2) is 10.6. The Morgan fingerprint density at radius 2 is 1.85 bits per heavy atom. The van der Waals surface area contributed by atoms with Crippen molar-refractivity contribution >= 4 is 41.5 Å². The van der Waals surface area contributed by atoms with Gasteiger partial charge in [-0.05, 0) is 38.0 Å². The first-order valence-corrected chi connectivity index (χ1v) is 8.98. The molecule has 1 saturated heterocycles. The van der Waals surface area contributed by atoms with Gasteiger partial charge < -0.3 is 20.0 Å². The molecular formula is C19H32IN5O. The zero-order valence-corrected chi connectivity index (χ0v) is 18.9. The lowest BCUT2D eigenvalue weighted by Crippen LogP contribution is -2.53. The molecular weight excluding hydrogens is 441 g/mol. The number of nitrogens with one attached hydrogen (secondary N) is 1. The van der Waals surface area contributed by atoms with Gasteiger partial charge in [0, 0.05) is 52.5 Å². The zero-order valence-electron chi connectivity index (χ0n) is 16.6. The maximum atomic E-state index is 11.8. The Labute approximate surface area is 174 Å². The molecule has 26 heavy (non-hydrogen) atoms. The number of halogens is 1. The zero-order chi connectivity index (χ0) is 18.4. The fraction of sp³-hybridized carbons (Fsp3) is 0.579. The van der Waals surface area contributed by atoms with Gasteiger partial charge in [-0.2, -0.15) is 0 Å². The van der Waals surface area contributed by atoms with E-state index in [-0.39, 0.29) is 36.4 Å². The Morgan fingerprint density at radius 1 is 1.19 bits per heavy atom. The van der Waals surface area contributed by atoms with Crippen molar-refractivity contribution in [1.29, 1.82) is 0 Å². The molecule has 1 aromatic carbocycles. The van der Waals surface area contributed by atoms with Gasteiger partial charge >= 0.3 is 0 Å². The summed E-state index contributed by atoms with van der Waals surface area (Å²) in [6.07, 6.45) is 0. The molecule has 1 fully saturated rings. The molecule has 1 aromatic rings. The molecule has 0 saturated carbocycles. The van der Waals surface area contributed by atoms with Crippen LogP contribution in [-0.4, -0.2) is 75.0 Å². The summed E-state index contributed by atoms with van der Waals surface area (Å²) in [6, 6.07) is 6.61. The van der Waals surface area contributed by atoms with E-state index in [1.54, 1.807) is 19.0 Å². The molecule has 0 radical (unpaired) electrons. The van der Waals surface area contributed by atoms with Crippen molar-refractivity contribution in [2.45, 2.75) is 20.8 Å². The van der Waals surface area contributed by atoms with E-state index >= 15 is 0 Å². The first kappa shape index (κ1) is 22.5. The molecule has 1 heterocycles. The molecule has 0 spiro atoms. The van der Waals surface area contributed by atoms with E-state index in [0.29, 0.717) is 0 Å². The summed E-state index contributed by atoms with van der Waals surface area (Å²) >= 11 is 0. The van der Waals surface area contributed by atoms with Crippen molar-refractivity contribution in [2.75, 3.05) is 58.3 Å². The largest absolute Gasteiger partial charge is 0.368 e. The van der Waals surface area contributed by atoms with Crippen LogP contribution in [0.5, 0.6) is 0 Å². The molecule has 0 aliphatic carbocycles. The highest BCUT2D eigenvalue weighted by molar-refractivity contribution is 14.0. The van der Waals surface area contributed by atoms with E-state index in [9.17, 15) is 4.79 Å². The van der Waals surface area contributed by atoms with Crippen molar-refractivity contribution in [1.82, 2.24) is 15.1 Å². The van der Waals surface area contributed by atoms with Crippen LogP contribution < -0.4 is 10.2 Å². The number of guanidine groups is 1. The Balaban J connectivity index is 0.00000338. The number of nitrogens with zero attached hydrogens (tertiary/aromatic N) is 4. The third-order valence-corrected chi connectivity index (χ3v) is 4.48. The lowest BCUT2D eigenvalue weighted by molar-refractivity contribution is -0.127. The molecule has 146 valence electrons. The monoisotopic (exact) mass is 473 g/mol. The van der Waals surface area contributed by atoms with Gasteiger partial charge in [-0.1, -0.05) is 12.1 Å². The Kier molecular flexibility index (Phi) is 9.18. The number of carbonyl (C=O) groups excluding carboxylic acids is 1. The highest BCUT2D eigenvalue weighted by Gasteiger charge is 2.21. The fourth-order valence-corrected chi connectivity index (χ4v) is 2.93. The molecule has 1 aliphatic rings. The second-order valence-electron chi connectivity index (χ2n) is 6.72. The fourth-order valence-electron chi connectivity index (χ4n) is 2.93. The summed E-state index contributed by atoms with van der Waals surface area (Å²) in [6.45, 7) is 11.0. The number of aryl methyl sites for hydroxylation is 2. The molecule has 1 aliphatic heterocycles. The molecule has 0 atom stereocenters. The third-order valence-electron chi connectivity index (χ3n) is 4.48. The van der Waals surface area contributed by atoms with E-state index in [2.05, 4.69) is 59.1 Å². The van der Waals surface area contributed by atoms with E-state index in [1.165, 1.54) is 16.8 Å². The van der Waals surface area contributed by atoms with Gasteiger partial charge in [-0.15, -0.1) is 24.0 Å². The smallest absolute Gasteiger partial charge is 0.243 e. The lowest BCUT2D eigenvalue weighted by atomic mass is 10.1. The number of likely N-dealkylation sites (N-methyl/N-ethyl adjacent to an activating group) is 1. The predicted molar refractivity (Wildman–Crippen MR) is 120 cm³/mol. The minimum absolute atomic E-state index is 0. The number of piperazine rings is 1. The van der Waals surface area contributed by atoms with Crippen molar-refractivity contribution in [3.8, 4) is 0 Å². The second-order valence-corrected chi connectivity index (χ2v) is 6.72. The Hall–Kier alpha value is -1.51. The van der Waals surface area contributed by atoms with Gasteiger partial charge in [0.2, 0.25) is 5.91 Å². The first-order valence-electron chi connectivity index (χ1n) is 8.98. The first-order chi connectivity index (χ1) is 11.9. The predicted octanol–water partition coefficient (Wildman–Crippen LogP) is 2.10. The van der Waals surface area contributed by atoms with Crippen LogP contribution in [-0.2, 0) is 4.79 Å². The summed E-state index contributed by atoms with van der Waals surface area (Å²) in [5, 5.41) is 3.31. The number of rotatable bonds is 4. The summed E-state index contributed by atoms with van der Waals surface area (Å²) in [5.74, 6) is 0.850. The summed E-state index contributed by atoms with van der Waals surface area (Å²) < 4.78 is 0. The highest BCUT2D eigenvalue weighted by atomic mass is 127. The van der Waals surface area contributed by atoms with Crippen LogP contribution in [0.4, 0.5) is 5.69 Å². The van der Waals surface area contributed by atoms with Crippen molar-refractivity contribution in [3.63, 3.8) is 0 Å². The molecule has 2 rings (SSSR count). The normalized spacial score (nSPS) is 14.7. The summed E-state index contributed by atoms with van der Waals surface area (Å²) in [5.41, 5.74) is 3.93. The number of carbonyl (C=O) groups is 1. The Morgan fingerprint density at radius 3 is 2.42 bits per heavy atom. The SMILES string of the molecule is CCNC(=NCC(=O)N(C)C)N1CCN(c2cc(C)ccc2C)CC1.I. The highest BCUT2D eigenvalue weighted by Crippen LogP contribution is 2.22. The van der Waals surface area contributed by atoms with Crippen LogP contribution in [0.1, 0.15) is 18.1 Å². The molecule has 1 N–H and O–H groups in total. The quantitative estimate of drug-likeness (QED) is 0.414. The topological polar surface area (TPSA) is 51.2 Å². The molecule has 0 aromatic heterocycles. The van der Waals surface area contributed by atoms with E-state index in [0.717, 1.165) is 38.7 Å². The lowest BCUT2D eigenvalue weighted by Gasteiger charge is -2.38. The van der Waals surface area contributed by atoms with E-state index < -0.39 is 0 Å². The molecule has 7 heteroatoms. The van der Waals surface area contributed by atoms with E-state index in [4.69, 9.17) is 0 Å². The molecule has 0 unspecified atom stereocenters. The van der Waals surface area contributed by atoms with Crippen LogP contribution in [0, 0.1) is 13.8 Å². The van der Waals surface area contributed by atoms with Gasteiger partial charge in [0.05, 0.1) is 0 Å². The van der Waals surface area contributed by atoms with Crippen LogP contribution in [0.3, 0.4) is 0 Å². The van der Waals surface area contributed by atoms with Gasteiger partial charge in [0.15, 0.2) is 5.96 Å².